The maximum Gasteiger partial charge on any atom is 0.0899 e. The molecule has 2 unspecified atom stereocenters. The number of hydrogen-bond acceptors (Lipinski definition) is 3. The summed E-state index contributed by atoms with van der Waals surface area (Å²) in [7, 11) is 3.89. The van der Waals surface area contributed by atoms with Crippen molar-refractivity contribution in [2.24, 2.45) is 0 Å². The molecule has 0 saturated carbocycles. The van der Waals surface area contributed by atoms with Crippen LogP contribution in [0.4, 0.5) is 0 Å². The van der Waals surface area contributed by atoms with E-state index >= 15 is 0 Å². The fraction of sp³-hybridized carbons (Fsp3) is 0.600. The molecular weight excluding hydrogens is 260 g/mol. The van der Waals surface area contributed by atoms with Crippen LogP contribution in [-0.4, -0.2) is 16.5 Å². The Morgan fingerprint density at radius 2 is 1.72 bits per heavy atom. The van der Waals surface area contributed by atoms with E-state index in [0.717, 1.165) is 0 Å². The van der Waals surface area contributed by atoms with E-state index in [2.05, 4.69) is 65.0 Å². The molecule has 0 radical (unpaired) electrons. The second-order valence-electron chi connectivity index (χ2n) is 6.27. The van der Waals surface area contributed by atoms with Crippen LogP contribution < -0.4 is 0 Å². The van der Waals surface area contributed by atoms with Gasteiger partial charge in [0, 0.05) is 4.75 Å². The van der Waals surface area contributed by atoms with Gasteiger partial charge in [0.15, 0.2) is 0 Å². The van der Waals surface area contributed by atoms with Crippen molar-refractivity contribution in [2.75, 3.05) is 0 Å². The lowest BCUT2D eigenvalue weighted by atomic mass is 9.96. The first-order chi connectivity index (χ1) is 8.30. The summed E-state index contributed by atoms with van der Waals surface area (Å²) in [5.41, 5.74) is 1.27. The Morgan fingerprint density at radius 3 is 2.28 bits per heavy atom. The van der Waals surface area contributed by atoms with Gasteiger partial charge in [-0.15, -0.1) is 0 Å². The molecule has 0 amide bonds. The molecule has 1 aliphatic heterocycles. The Bertz CT molecular complexity index is 395. The lowest BCUT2D eigenvalue weighted by molar-refractivity contribution is -0.0708. The molecule has 1 nitrogen and oxygen atoms in total. The summed E-state index contributed by atoms with van der Waals surface area (Å²) in [6.07, 6.45) is 0.245. The molecule has 1 aromatic carbocycles. The zero-order valence-corrected chi connectivity index (χ0v) is 13.4. The van der Waals surface area contributed by atoms with Crippen molar-refractivity contribution >= 4 is 21.6 Å². The third-order valence-electron chi connectivity index (χ3n) is 2.94. The SMILES string of the molecule is CC(C)(C)OC1C(c2ccccc2)SSC1(C)C. The van der Waals surface area contributed by atoms with E-state index in [4.69, 9.17) is 4.74 Å². The Labute approximate surface area is 118 Å². The zero-order valence-electron chi connectivity index (χ0n) is 11.8. The van der Waals surface area contributed by atoms with Crippen molar-refractivity contribution in [2.45, 2.75) is 56.3 Å². The van der Waals surface area contributed by atoms with Crippen LogP contribution in [0.25, 0.3) is 0 Å². The summed E-state index contributed by atoms with van der Waals surface area (Å²) in [4.78, 5) is 0. The maximum atomic E-state index is 6.34. The first-order valence-corrected chi connectivity index (χ1v) is 8.58. The normalized spacial score (nSPS) is 27.4. The van der Waals surface area contributed by atoms with Crippen molar-refractivity contribution in [3.8, 4) is 0 Å². The second kappa shape index (κ2) is 5.10. The fourth-order valence-electron chi connectivity index (χ4n) is 2.10. The van der Waals surface area contributed by atoms with Crippen molar-refractivity contribution in [1.29, 1.82) is 0 Å². The molecule has 1 fully saturated rings. The van der Waals surface area contributed by atoms with Crippen LogP contribution in [0.15, 0.2) is 30.3 Å². The van der Waals surface area contributed by atoms with Gasteiger partial charge < -0.3 is 4.74 Å². The minimum atomic E-state index is -0.0968. The van der Waals surface area contributed by atoms with Crippen LogP contribution in [0, 0.1) is 0 Å². The van der Waals surface area contributed by atoms with E-state index in [9.17, 15) is 0 Å². The average Bonchev–Trinajstić information content (AvgIpc) is 2.54. The van der Waals surface area contributed by atoms with E-state index in [1.54, 1.807) is 0 Å². The van der Waals surface area contributed by atoms with E-state index in [0.29, 0.717) is 5.25 Å². The lowest BCUT2D eigenvalue weighted by Crippen LogP contribution is -2.40. The van der Waals surface area contributed by atoms with Crippen LogP contribution in [0.3, 0.4) is 0 Å². The van der Waals surface area contributed by atoms with Crippen LogP contribution in [0.5, 0.6) is 0 Å². The number of benzene rings is 1. The van der Waals surface area contributed by atoms with Crippen molar-refractivity contribution in [1.82, 2.24) is 0 Å². The molecule has 2 atom stereocenters. The molecule has 18 heavy (non-hydrogen) atoms. The first kappa shape index (κ1) is 14.3. The molecule has 3 heteroatoms. The molecular formula is C15H22OS2. The van der Waals surface area contributed by atoms with Gasteiger partial charge in [-0.2, -0.15) is 0 Å². The van der Waals surface area contributed by atoms with E-state index in [1.807, 2.05) is 21.6 Å². The number of rotatable bonds is 2. The summed E-state index contributed by atoms with van der Waals surface area (Å²) < 4.78 is 6.49. The van der Waals surface area contributed by atoms with Crippen LogP contribution >= 0.6 is 21.6 Å². The van der Waals surface area contributed by atoms with Crippen LogP contribution in [0.1, 0.15) is 45.4 Å². The number of ether oxygens (including phenoxy) is 1. The summed E-state index contributed by atoms with van der Waals surface area (Å²) >= 11 is 0. The molecule has 0 aliphatic carbocycles. The minimum absolute atomic E-state index is 0.0968. The average molecular weight is 282 g/mol. The van der Waals surface area contributed by atoms with Crippen molar-refractivity contribution in [3.63, 3.8) is 0 Å². The topological polar surface area (TPSA) is 9.23 Å². The van der Waals surface area contributed by atoms with Gasteiger partial charge in [-0.25, -0.2) is 0 Å². The number of hydrogen-bond donors (Lipinski definition) is 0. The van der Waals surface area contributed by atoms with Gasteiger partial charge in [-0.05, 0) is 40.2 Å². The van der Waals surface area contributed by atoms with Gasteiger partial charge in [-0.3, -0.25) is 0 Å². The molecule has 0 aromatic heterocycles. The predicted molar refractivity (Wildman–Crippen MR) is 83.1 cm³/mol. The minimum Gasteiger partial charge on any atom is -0.370 e. The van der Waals surface area contributed by atoms with Gasteiger partial charge in [0.1, 0.15) is 0 Å². The molecule has 0 spiro atoms. The van der Waals surface area contributed by atoms with Crippen LogP contribution in [-0.2, 0) is 4.74 Å². The van der Waals surface area contributed by atoms with E-state index in [1.165, 1.54) is 5.56 Å². The molecule has 1 heterocycles. The summed E-state index contributed by atoms with van der Waals surface area (Å²) in [6, 6.07) is 10.7. The fourth-order valence-corrected chi connectivity index (χ4v) is 5.55. The zero-order chi connectivity index (χ0) is 13.4. The third kappa shape index (κ3) is 3.25. The van der Waals surface area contributed by atoms with E-state index < -0.39 is 0 Å². The lowest BCUT2D eigenvalue weighted by Gasteiger charge is -2.34. The molecule has 1 saturated heterocycles. The van der Waals surface area contributed by atoms with Crippen molar-refractivity contribution < 1.29 is 4.74 Å². The van der Waals surface area contributed by atoms with Crippen molar-refractivity contribution in [3.05, 3.63) is 35.9 Å². The smallest absolute Gasteiger partial charge is 0.0899 e. The summed E-state index contributed by atoms with van der Waals surface area (Å²) in [5.74, 6) is 0. The van der Waals surface area contributed by atoms with Gasteiger partial charge in [0.2, 0.25) is 0 Å². The summed E-state index contributed by atoms with van der Waals surface area (Å²) in [5, 5.41) is 0.422. The Hall–Kier alpha value is -0.120. The standard InChI is InChI=1S/C15H22OS2/c1-14(2,3)16-13-12(17-18-15(13,4)5)11-9-7-6-8-10-11/h6-10,12-13H,1-5H3. The third-order valence-corrected chi connectivity index (χ3v) is 6.62. The monoisotopic (exact) mass is 282 g/mol. The largest absolute Gasteiger partial charge is 0.370 e. The Kier molecular flexibility index (Phi) is 4.05. The van der Waals surface area contributed by atoms with Gasteiger partial charge in [0.05, 0.1) is 17.0 Å². The molecule has 1 aromatic rings. The molecule has 2 rings (SSSR count). The molecule has 0 bridgehead atoms. The first-order valence-electron chi connectivity index (χ1n) is 6.37. The molecule has 0 N–H and O–H groups in total. The highest BCUT2D eigenvalue weighted by molar-refractivity contribution is 8.77. The second-order valence-corrected chi connectivity index (χ2v) is 9.26. The highest BCUT2D eigenvalue weighted by Crippen LogP contribution is 2.59. The predicted octanol–water partition coefficient (Wildman–Crippen LogP) is 5.09. The molecule has 1 aliphatic rings. The van der Waals surface area contributed by atoms with Gasteiger partial charge in [0.25, 0.3) is 0 Å². The summed E-state index contributed by atoms with van der Waals surface area (Å²) in [6.45, 7) is 11.0. The van der Waals surface area contributed by atoms with Crippen LogP contribution in [0.2, 0.25) is 0 Å². The van der Waals surface area contributed by atoms with E-state index in [-0.39, 0.29) is 16.5 Å². The maximum absolute atomic E-state index is 6.34. The highest BCUT2D eigenvalue weighted by atomic mass is 33.1. The Balaban J connectivity index is 2.25. The molecule has 100 valence electrons. The van der Waals surface area contributed by atoms with Gasteiger partial charge >= 0.3 is 0 Å². The Morgan fingerprint density at radius 1 is 1.11 bits per heavy atom. The quantitative estimate of drug-likeness (QED) is 0.700. The highest BCUT2D eigenvalue weighted by Gasteiger charge is 2.46. The van der Waals surface area contributed by atoms with Gasteiger partial charge in [-0.1, -0.05) is 51.9 Å².